The molecule has 5 nitrogen and oxygen atoms in total. The number of thiophene rings is 1. The number of primary sulfonamides is 1. The third kappa shape index (κ3) is 5.41. The van der Waals surface area contributed by atoms with Crippen LogP contribution in [0.4, 0.5) is 0 Å². The fourth-order valence-electron chi connectivity index (χ4n) is 1.68. The maximum Gasteiger partial charge on any atom is 0.247 e. The summed E-state index contributed by atoms with van der Waals surface area (Å²) in [7, 11) is -3.68. The van der Waals surface area contributed by atoms with Crippen LogP contribution in [0.25, 0.3) is 0 Å². The van der Waals surface area contributed by atoms with Gasteiger partial charge in [0, 0.05) is 11.3 Å². The summed E-state index contributed by atoms with van der Waals surface area (Å²) in [6.45, 7) is 10.2. The number of hydrogen-bond acceptors (Lipinski definition) is 4. The van der Waals surface area contributed by atoms with E-state index in [9.17, 15) is 13.2 Å². The van der Waals surface area contributed by atoms with Crippen molar-refractivity contribution in [1.29, 1.82) is 0 Å². The zero-order chi connectivity index (χ0) is 16.4. The number of carbonyl (C=O) groups excluding carboxylic acids is 1. The first-order chi connectivity index (χ1) is 9.41. The molecule has 0 spiro atoms. The molecule has 0 bridgehead atoms. The van der Waals surface area contributed by atoms with Gasteiger partial charge in [-0.3, -0.25) is 4.79 Å². The van der Waals surface area contributed by atoms with Gasteiger partial charge < -0.3 is 5.32 Å². The lowest BCUT2D eigenvalue weighted by atomic mass is 9.80. The first-order valence-corrected chi connectivity index (χ1v) is 9.19. The minimum atomic E-state index is -3.68. The van der Waals surface area contributed by atoms with Crippen LogP contribution in [-0.2, 0) is 14.8 Å². The fourth-order valence-corrected chi connectivity index (χ4v) is 3.43. The average Bonchev–Trinajstić information content (AvgIpc) is 2.75. The monoisotopic (exact) mass is 332 g/mol. The Labute approximate surface area is 131 Å². The molecule has 1 amide bonds. The molecule has 0 aliphatic rings. The van der Waals surface area contributed by atoms with Crippen molar-refractivity contribution in [1.82, 2.24) is 5.32 Å². The third-order valence-corrected chi connectivity index (χ3v) is 6.36. The number of carbonyl (C=O) groups is 1. The number of nitrogens with two attached hydrogens (primary N) is 1. The van der Waals surface area contributed by atoms with Crippen LogP contribution < -0.4 is 10.5 Å². The van der Waals surface area contributed by atoms with E-state index < -0.39 is 10.0 Å². The Bertz CT molecular complexity index is 600. The number of nitrogens with one attached hydrogen (secondary N) is 1. The van der Waals surface area contributed by atoms with Gasteiger partial charge >= 0.3 is 0 Å². The van der Waals surface area contributed by atoms with Gasteiger partial charge in [0.2, 0.25) is 15.9 Å². The van der Waals surface area contributed by atoms with Gasteiger partial charge in [-0.05, 0) is 30.4 Å². The molecule has 0 aliphatic heterocycles. The highest BCUT2D eigenvalue weighted by atomic mass is 32.2. The molecule has 1 aromatic rings. The summed E-state index contributed by atoms with van der Waals surface area (Å²) in [6.07, 6.45) is 0.446. The van der Waals surface area contributed by atoms with E-state index in [0.717, 1.165) is 16.2 Å². The van der Waals surface area contributed by atoms with Gasteiger partial charge in [-0.15, -0.1) is 11.3 Å². The average molecular weight is 332 g/mol. The summed E-state index contributed by atoms with van der Waals surface area (Å²) in [5.74, 6) is 0.225. The van der Waals surface area contributed by atoms with E-state index >= 15 is 0 Å². The smallest absolute Gasteiger partial charge is 0.247 e. The highest BCUT2D eigenvalue weighted by Gasteiger charge is 2.23. The fraction of sp³-hybridized carbons (Fsp3) is 0.643. The van der Waals surface area contributed by atoms with Gasteiger partial charge in [0.05, 0.1) is 6.04 Å². The maximum atomic E-state index is 12.0. The second-order valence-electron chi connectivity index (χ2n) is 6.46. The summed E-state index contributed by atoms with van der Waals surface area (Å²) < 4.78 is 22.6. The van der Waals surface area contributed by atoms with Crippen molar-refractivity contribution in [2.45, 2.75) is 51.3 Å². The molecule has 3 N–H and O–H groups in total. The first kappa shape index (κ1) is 18.1. The summed E-state index contributed by atoms with van der Waals surface area (Å²) in [4.78, 5) is 12.8. The highest BCUT2D eigenvalue weighted by molar-refractivity contribution is 7.91. The summed E-state index contributed by atoms with van der Waals surface area (Å²) in [6, 6.07) is 2.92. The van der Waals surface area contributed by atoms with Crippen LogP contribution in [-0.4, -0.2) is 14.3 Å². The molecule has 120 valence electrons. The molecule has 2 atom stereocenters. The van der Waals surface area contributed by atoms with E-state index in [0.29, 0.717) is 6.42 Å². The normalized spacial score (nSPS) is 15.5. The number of rotatable bonds is 5. The molecule has 7 heteroatoms. The van der Waals surface area contributed by atoms with Crippen LogP contribution in [0.3, 0.4) is 0 Å². The van der Waals surface area contributed by atoms with Crippen molar-refractivity contribution in [3.05, 3.63) is 17.0 Å². The molecule has 21 heavy (non-hydrogen) atoms. The van der Waals surface area contributed by atoms with E-state index in [1.54, 1.807) is 6.07 Å². The molecule has 2 unspecified atom stereocenters. The van der Waals surface area contributed by atoms with Crippen LogP contribution in [0.5, 0.6) is 0 Å². The van der Waals surface area contributed by atoms with E-state index in [1.807, 2.05) is 6.92 Å². The minimum Gasteiger partial charge on any atom is -0.349 e. The molecule has 1 rings (SSSR count). The second kappa shape index (κ2) is 6.46. The molecule has 0 aromatic carbocycles. The van der Waals surface area contributed by atoms with E-state index in [1.165, 1.54) is 6.07 Å². The van der Waals surface area contributed by atoms with Crippen molar-refractivity contribution in [2.75, 3.05) is 0 Å². The first-order valence-electron chi connectivity index (χ1n) is 6.83. The van der Waals surface area contributed by atoms with Crippen LogP contribution in [0.2, 0.25) is 0 Å². The van der Waals surface area contributed by atoms with Gasteiger partial charge in [0.25, 0.3) is 0 Å². The number of sulfonamides is 1. The Kier molecular flexibility index (Phi) is 5.57. The molecule has 0 aliphatic carbocycles. The summed E-state index contributed by atoms with van der Waals surface area (Å²) in [5.41, 5.74) is 0.0737. The minimum absolute atomic E-state index is 0.0320. The lowest BCUT2D eigenvalue weighted by Gasteiger charge is -2.27. The molecular formula is C14H24N2O3S2. The van der Waals surface area contributed by atoms with Crippen molar-refractivity contribution in [2.24, 2.45) is 16.5 Å². The zero-order valence-corrected chi connectivity index (χ0v) is 14.8. The van der Waals surface area contributed by atoms with Crippen LogP contribution >= 0.6 is 11.3 Å². The van der Waals surface area contributed by atoms with Crippen molar-refractivity contribution >= 4 is 27.3 Å². The Balaban J connectivity index is 2.67. The second-order valence-corrected chi connectivity index (χ2v) is 9.37. The largest absolute Gasteiger partial charge is 0.349 e. The van der Waals surface area contributed by atoms with E-state index in [-0.39, 0.29) is 27.5 Å². The molecule has 0 radical (unpaired) electrons. The number of amides is 1. The summed E-state index contributed by atoms with van der Waals surface area (Å²) in [5, 5.41) is 7.98. The number of hydrogen-bond donors (Lipinski definition) is 2. The maximum absolute atomic E-state index is 12.0. The lowest BCUT2D eigenvalue weighted by Crippen LogP contribution is -2.30. The standard InChI is InChI=1S/C14H24N2O3S2/c1-9(14(3,4)5)8-12(17)16-10(2)11-6-7-13(20-11)21(15,18)19/h6-7,9-10H,8H2,1-5H3,(H,16,17)(H2,15,18,19). The van der Waals surface area contributed by atoms with Crippen molar-refractivity contribution in [3.8, 4) is 0 Å². The summed E-state index contributed by atoms with van der Waals surface area (Å²) >= 11 is 1.09. The Morgan fingerprint density at radius 2 is 1.90 bits per heavy atom. The predicted molar refractivity (Wildman–Crippen MR) is 85.5 cm³/mol. The van der Waals surface area contributed by atoms with Gasteiger partial charge in [0.15, 0.2) is 0 Å². The molecular weight excluding hydrogens is 308 g/mol. The Morgan fingerprint density at radius 3 is 2.33 bits per heavy atom. The molecule has 0 fully saturated rings. The van der Waals surface area contributed by atoms with Gasteiger partial charge in [-0.1, -0.05) is 27.7 Å². The predicted octanol–water partition coefficient (Wildman–Crippen LogP) is 2.65. The van der Waals surface area contributed by atoms with Crippen molar-refractivity contribution < 1.29 is 13.2 Å². The van der Waals surface area contributed by atoms with Gasteiger partial charge in [0.1, 0.15) is 4.21 Å². The molecule has 0 saturated heterocycles. The van der Waals surface area contributed by atoms with Crippen molar-refractivity contribution in [3.63, 3.8) is 0 Å². The highest BCUT2D eigenvalue weighted by Crippen LogP contribution is 2.29. The SMILES string of the molecule is CC(NC(=O)CC(C)C(C)(C)C)c1ccc(S(N)(=O)=O)s1. The van der Waals surface area contributed by atoms with Crippen LogP contribution in [0.1, 0.15) is 52.0 Å². The molecule has 1 heterocycles. The van der Waals surface area contributed by atoms with Gasteiger partial charge in [-0.2, -0.15) is 0 Å². The Morgan fingerprint density at radius 1 is 1.33 bits per heavy atom. The lowest BCUT2D eigenvalue weighted by molar-refractivity contribution is -0.123. The van der Waals surface area contributed by atoms with Crippen LogP contribution in [0, 0.1) is 11.3 Å². The zero-order valence-electron chi connectivity index (χ0n) is 13.1. The quantitative estimate of drug-likeness (QED) is 0.868. The third-order valence-electron chi connectivity index (χ3n) is 3.66. The topological polar surface area (TPSA) is 89.3 Å². The Hall–Kier alpha value is -0.920. The van der Waals surface area contributed by atoms with Crippen LogP contribution in [0.15, 0.2) is 16.3 Å². The van der Waals surface area contributed by atoms with E-state index in [2.05, 4.69) is 33.0 Å². The molecule has 1 aromatic heterocycles. The van der Waals surface area contributed by atoms with E-state index in [4.69, 9.17) is 5.14 Å². The van der Waals surface area contributed by atoms with Gasteiger partial charge in [-0.25, -0.2) is 13.6 Å². The molecule has 0 saturated carbocycles.